The molecule has 0 aliphatic carbocycles. The smallest absolute Gasteiger partial charge is 0.297 e. The summed E-state index contributed by atoms with van der Waals surface area (Å²) < 4.78 is 11.4. The molecule has 0 unspecified atom stereocenters. The van der Waals surface area contributed by atoms with Crippen LogP contribution >= 0.6 is 12.2 Å². The Bertz CT molecular complexity index is 762. The number of nitrogens with zero attached hydrogens (tertiary/aromatic N) is 1. The molecule has 0 spiro atoms. The molecule has 120 valence electrons. The van der Waals surface area contributed by atoms with Crippen molar-refractivity contribution in [3.05, 3.63) is 41.2 Å². The third kappa shape index (κ3) is 2.77. The molecule has 1 amide bonds. The van der Waals surface area contributed by atoms with Crippen LogP contribution in [0.2, 0.25) is 0 Å². The van der Waals surface area contributed by atoms with E-state index < -0.39 is 0 Å². The highest BCUT2D eigenvalue weighted by Crippen LogP contribution is 2.34. The van der Waals surface area contributed by atoms with Gasteiger partial charge in [-0.1, -0.05) is 12.1 Å². The minimum Gasteiger partial charge on any atom is -0.483 e. The second-order valence-electron chi connectivity index (χ2n) is 6.16. The molecule has 0 radical (unpaired) electrons. The van der Waals surface area contributed by atoms with E-state index in [0.717, 1.165) is 22.4 Å². The Kier molecular flexibility index (Phi) is 3.76. The zero-order valence-corrected chi connectivity index (χ0v) is 14.5. The molecule has 5 heteroatoms. The van der Waals surface area contributed by atoms with Gasteiger partial charge in [0.15, 0.2) is 5.76 Å². The predicted molar refractivity (Wildman–Crippen MR) is 93.8 cm³/mol. The number of hydrogen-bond acceptors (Lipinski definition) is 4. The van der Waals surface area contributed by atoms with Crippen molar-refractivity contribution < 1.29 is 14.3 Å². The third-order valence-corrected chi connectivity index (χ3v) is 4.29. The lowest BCUT2D eigenvalue weighted by Crippen LogP contribution is -2.28. The number of carbonyl (C=O) groups excluding carboxylic acids is 1. The Labute approximate surface area is 141 Å². The fraction of sp³-hybridized carbons (Fsp3) is 0.333. The van der Waals surface area contributed by atoms with E-state index in [0.29, 0.717) is 12.3 Å². The number of rotatable bonds is 2. The molecule has 0 bridgehead atoms. The Hall–Kier alpha value is -2.14. The molecule has 0 atom stereocenters. The molecule has 1 aromatic rings. The van der Waals surface area contributed by atoms with Gasteiger partial charge in [0.1, 0.15) is 11.4 Å². The molecule has 3 rings (SSSR count). The first-order valence-electron chi connectivity index (χ1n) is 7.59. The number of thiocarbonyl (C=S) groups is 1. The lowest BCUT2D eigenvalue weighted by molar-refractivity contribution is -0.122. The second-order valence-corrected chi connectivity index (χ2v) is 6.51. The lowest BCUT2D eigenvalue weighted by atomic mass is 9.98. The van der Waals surface area contributed by atoms with Gasteiger partial charge in [0, 0.05) is 17.7 Å². The van der Waals surface area contributed by atoms with Crippen LogP contribution in [0.1, 0.15) is 38.8 Å². The lowest BCUT2D eigenvalue weighted by Gasteiger charge is -2.28. The largest absolute Gasteiger partial charge is 0.483 e. The number of hydrogen-bond donors (Lipinski definition) is 0. The predicted octanol–water partition coefficient (Wildman–Crippen LogP) is 3.77. The van der Waals surface area contributed by atoms with Gasteiger partial charge in [-0.05, 0) is 63.7 Å². The standard InChI is InChI=1S/C18H19NO3S/c1-5-19-16(20)15(21-17(19)23)11(2)12-6-7-14-13(10-12)8-9-18(3,4)22-14/h6-10H,5H2,1-4H3/b15-11-. The van der Waals surface area contributed by atoms with Gasteiger partial charge in [0.25, 0.3) is 11.1 Å². The van der Waals surface area contributed by atoms with Crippen molar-refractivity contribution in [2.45, 2.75) is 33.3 Å². The fourth-order valence-corrected chi connectivity index (χ4v) is 2.94. The Balaban J connectivity index is 1.99. The summed E-state index contributed by atoms with van der Waals surface area (Å²) in [6.45, 7) is 8.27. The molecular formula is C18H19NO3S. The van der Waals surface area contributed by atoms with E-state index in [9.17, 15) is 4.79 Å². The van der Waals surface area contributed by atoms with E-state index in [-0.39, 0.29) is 16.7 Å². The Morgan fingerprint density at radius 1 is 1.35 bits per heavy atom. The summed E-state index contributed by atoms with van der Waals surface area (Å²) in [5.74, 6) is 0.960. The third-order valence-electron chi connectivity index (χ3n) is 3.99. The molecule has 0 N–H and O–H groups in total. The average Bonchev–Trinajstić information content (AvgIpc) is 2.79. The van der Waals surface area contributed by atoms with Crippen LogP contribution in [0.25, 0.3) is 11.6 Å². The van der Waals surface area contributed by atoms with Crippen LogP contribution in [0, 0.1) is 0 Å². The highest BCUT2D eigenvalue weighted by molar-refractivity contribution is 7.80. The van der Waals surface area contributed by atoms with Gasteiger partial charge < -0.3 is 9.47 Å². The average molecular weight is 329 g/mol. The molecular weight excluding hydrogens is 310 g/mol. The normalized spacial score (nSPS) is 21.0. The molecule has 1 aromatic carbocycles. The van der Waals surface area contributed by atoms with Crippen molar-refractivity contribution in [3.63, 3.8) is 0 Å². The van der Waals surface area contributed by atoms with Crippen molar-refractivity contribution in [2.75, 3.05) is 6.54 Å². The van der Waals surface area contributed by atoms with Gasteiger partial charge in [0.05, 0.1) is 0 Å². The Morgan fingerprint density at radius 3 is 2.74 bits per heavy atom. The van der Waals surface area contributed by atoms with E-state index in [1.807, 2.05) is 58.0 Å². The summed E-state index contributed by atoms with van der Waals surface area (Å²) >= 11 is 5.10. The highest BCUT2D eigenvalue weighted by Gasteiger charge is 2.34. The monoisotopic (exact) mass is 329 g/mol. The number of likely N-dealkylation sites (N-methyl/N-ethyl adjacent to an activating group) is 1. The zero-order valence-electron chi connectivity index (χ0n) is 13.7. The quantitative estimate of drug-likeness (QED) is 0.612. The van der Waals surface area contributed by atoms with Crippen LogP contribution in [0.4, 0.5) is 0 Å². The van der Waals surface area contributed by atoms with Gasteiger partial charge >= 0.3 is 0 Å². The van der Waals surface area contributed by atoms with E-state index >= 15 is 0 Å². The molecule has 1 fully saturated rings. The van der Waals surface area contributed by atoms with Crippen LogP contribution in [-0.4, -0.2) is 28.1 Å². The van der Waals surface area contributed by atoms with Crippen molar-refractivity contribution in [1.82, 2.24) is 4.90 Å². The van der Waals surface area contributed by atoms with E-state index in [4.69, 9.17) is 21.7 Å². The summed E-state index contributed by atoms with van der Waals surface area (Å²) in [4.78, 5) is 13.8. The maximum absolute atomic E-state index is 12.4. The van der Waals surface area contributed by atoms with Gasteiger partial charge in [0.2, 0.25) is 0 Å². The first-order valence-corrected chi connectivity index (χ1v) is 8.00. The molecule has 2 aliphatic rings. The number of amides is 1. The van der Waals surface area contributed by atoms with Gasteiger partial charge in [-0.3, -0.25) is 9.69 Å². The van der Waals surface area contributed by atoms with Gasteiger partial charge in [-0.25, -0.2) is 0 Å². The molecule has 2 aliphatic heterocycles. The number of carbonyl (C=O) groups is 1. The molecule has 4 nitrogen and oxygen atoms in total. The topological polar surface area (TPSA) is 38.8 Å². The molecule has 0 saturated carbocycles. The minimum absolute atomic E-state index is 0.180. The van der Waals surface area contributed by atoms with Crippen LogP contribution in [0.15, 0.2) is 30.0 Å². The highest BCUT2D eigenvalue weighted by atomic mass is 32.1. The zero-order chi connectivity index (χ0) is 16.8. The van der Waals surface area contributed by atoms with Crippen molar-refractivity contribution >= 4 is 34.9 Å². The molecule has 23 heavy (non-hydrogen) atoms. The van der Waals surface area contributed by atoms with E-state index in [2.05, 4.69) is 0 Å². The number of ether oxygens (including phenoxy) is 2. The Morgan fingerprint density at radius 2 is 2.09 bits per heavy atom. The summed E-state index contributed by atoms with van der Waals surface area (Å²) in [5.41, 5.74) is 2.37. The number of benzene rings is 1. The molecule has 2 heterocycles. The summed E-state index contributed by atoms with van der Waals surface area (Å²) in [6, 6.07) is 5.86. The fourth-order valence-electron chi connectivity index (χ4n) is 2.65. The van der Waals surface area contributed by atoms with Crippen molar-refractivity contribution in [2.24, 2.45) is 0 Å². The molecule has 0 aromatic heterocycles. The van der Waals surface area contributed by atoms with E-state index in [1.165, 1.54) is 4.90 Å². The second kappa shape index (κ2) is 5.49. The summed E-state index contributed by atoms with van der Waals surface area (Å²) in [5, 5.41) is 0.217. The first-order chi connectivity index (χ1) is 10.8. The van der Waals surface area contributed by atoms with Crippen LogP contribution in [0.3, 0.4) is 0 Å². The van der Waals surface area contributed by atoms with Crippen molar-refractivity contribution in [3.8, 4) is 5.75 Å². The number of allylic oxidation sites excluding steroid dienone is 1. The minimum atomic E-state index is -0.305. The van der Waals surface area contributed by atoms with Crippen LogP contribution < -0.4 is 4.74 Å². The van der Waals surface area contributed by atoms with Gasteiger partial charge in [-0.15, -0.1) is 0 Å². The number of fused-ring (bicyclic) bond motifs is 1. The first kappa shape index (κ1) is 15.7. The van der Waals surface area contributed by atoms with Crippen molar-refractivity contribution in [1.29, 1.82) is 0 Å². The summed E-state index contributed by atoms with van der Waals surface area (Å²) in [7, 11) is 0. The summed E-state index contributed by atoms with van der Waals surface area (Å²) in [6.07, 6.45) is 4.06. The maximum atomic E-state index is 12.4. The van der Waals surface area contributed by atoms with Gasteiger partial charge in [-0.2, -0.15) is 0 Å². The molecule has 1 saturated heterocycles. The van der Waals surface area contributed by atoms with E-state index in [1.54, 1.807) is 0 Å². The SMILES string of the molecule is CCN1C(=O)/C(=C(\C)c2ccc3c(c2)C=CC(C)(C)O3)OC1=S. The van der Waals surface area contributed by atoms with Crippen LogP contribution in [-0.2, 0) is 9.53 Å². The maximum Gasteiger partial charge on any atom is 0.297 e. The van der Waals surface area contributed by atoms with Crippen LogP contribution in [0.5, 0.6) is 5.75 Å².